The van der Waals surface area contributed by atoms with Gasteiger partial charge >= 0.3 is 0 Å². The molecule has 2 saturated heterocycles. The minimum absolute atomic E-state index is 0.0734. The lowest BCUT2D eigenvalue weighted by molar-refractivity contribution is -0.124. The molecule has 2 heterocycles. The summed E-state index contributed by atoms with van der Waals surface area (Å²) in [6.45, 7) is 2.22. The first-order valence-electron chi connectivity index (χ1n) is 7.25. The summed E-state index contributed by atoms with van der Waals surface area (Å²) >= 11 is 1.49. The highest BCUT2D eigenvalue weighted by Crippen LogP contribution is 2.22. The standard InChI is InChI=1S/C15H19N3O2S/c19-14-10-21-9-13(17-14)15(20)16-11-3-5-12(6-4-11)18-7-1-2-8-18/h3-6,13H,1-2,7-10H2,(H,16,20)(H,17,19). The Hall–Kier alpha value is -1.69. The van der Waals surface area contributed by atoms with E-state index in [0.29, 0.717) is 11.5 Å². The molecule has 1 aromatic carbocycles. The lowest BCUT2D eigenvalue weighted by atomic mass is 10.2. The van der Waals surface area contributed by atoms with Gasteiger partial charge in [-0.3, -0.25) is 9.59 Å². The molecule has 2 fully saturated rings. The number of benzene rings is 1. The van der Waals surface area contributed by atoms with Crippen LogP contribution < -0.4 is 15.5 Å². The molecule has 0 bridgehead atoms. The van der Waals surface area contributed by atoms with Crippen molar-refractivity contribution in [1.82, 2.24) is 5.32 Å². The fourth-order valence-electron chi connectivity index (χ4n) is 2.65. The quantitative estimate of drug-likeness (QED) is 0.887. The molecule has 5 nitrogen and oxygen atoms in total. The van der Waals surface area contributed by atoms with E-state index >= 15 is 0 Å². The third-order valence-electron chi connectivity index (χ3n) is 3.78. The van der Waals surface area contributed by atoms with Crippen LogP contribution in [0.1, 0.15) is 12.8 Å². The second kappa shape index (κ2) is 6.39. The SMILES string of the molecule is O=C1CSCC(C(=O)Nc2ccc(N3CCCC3)cc2)N1. The van der Waals surface area contributed by atoms with Crippen molar-refractivity contribution in [1.29, 1.82) is 0 Å². The van der Waals surface area contributed by atoms with E-state index in [-0.39, 0.29) is 11.8 Å². The summed E-state index contributed by atoms with van der Waals surface area (Å²) in [5.74, 6) is 0.845. The minimum Gasteiger partial charge on any atom is -0.372 e. The molecule has 0 spiro atoms. The topological polar surface area (TPSA) is 61.4 Å². The fourth-order valence-corrected chi connectivity index (χ4v) is 3.51. The second-order valence-corrected chi connectivity index (χ2v) is 6.40. The van der Waals surface area contributed by atoms with E-state index in [9.17, 15) is 9.59 Å². The molecule has 112 valence electrons. The van der Waals surface area contributed by atoms with Crippen LogP contribution in [0.4, 0.5) is 11.4 Å². The van der Waals surface area contributed by atoms with Crippen LogP contribution in [-0.4, -0.2) is 42.5 Å². The average molecular weight is 305 g/mol. The molecule has 1 aromatic rings. The van der Waals surface area contributed by atoms with Gasteiger partial charge in [-0.1, -0.05) is 0 Å². The van der Waals surface area contributed by atoms with Crippen molar-refractivity contribution in [2.45, 2.75) is 18.9 Å². The first-order valence-corrected chi connectivity index (χ1v) is 8.41. The maximum atomic E-state index is 12.1. The van der Waals surface area contributed by atoms with Gasteiger partial charge in [0.25, 0.3) is 0 Å². The van der Waals surface area contributed by atoms with Crippen molar-refractivity contribution in [3.05, 3.63) is 24.3 Å². The van der Waals surface area contributed by atoms with Gasteiger partial charge < -0.3 is 15.5 Å². The number of nitrogens with zero attached hydrogens (tertiary/aromatic N) is 1. The number of hydrogen-bond donors (Lipinski definition) is 2. The van der Waals surface area contributed by atoms with E-state index < -0.39 is 6.04 Å². The van der Waals surface area contributed by atoms with E-state index in [2.05, 4.69) is 15.5 Å². The molecule has 1 atom stereocenters. The van der Waals surface area contributed by atoms with E-state index in [1.165, 1.54) is 30.3 Å². The highest BCUT2D eigenvalue weighted by atomic mass is 32.2. The Morgan fingerprint density at radius 3 is 2.62 bits per heavy atom. The molecule has 3 rings (SSSR count). The summed E-state index contributed by atoms with van der Waals surface area (Å²) in [5.41, 5.74) is 1.97. The van der Waals surface area contributed by atoms with Crippen molar-refractivity contribution in [2.75, 3.05) is 34.8 Å². The van der Waals surface area contributed by atoms with Crippen LogP contribution in [0.5, 0.6) is 0 Å². The van der Waals surface area contributed by atoms with Crippen LogP contribution in [0.25, 0.3) is 0 Å². The monoisotopic (exact) mass is 305 g/mol. The Labute approximate surface area is 128 Å². The van der Waals surface area contributed by atoms with Gasteiger partial charge in [-0.25, -0.2) is 0 Å². The molecule has 0 saturated carbocycles. The lowest BCUT2D eigenvalue weighted by Gasteiger charge is -2.22. The number of nitrogens with one attached hydrogen (secondary N) is 2. The molecule has 2 N–H and O–H groups in total. The fraction of sp³-hybridized carbons (Fsp3) is 0.467. The number of carbonyl (C=O) groups excluding carboxylic acids is 2. The molecule has 0 radical (unpaired) electrons. The zero-order valence-electron chi connectivity index (χ0n) is 11.8. The van der Waals surface area contributed by atoms with Gasteiger partial charge in [-0.2, -0.15) is 0 Å². The van der Waals surface area contributed by atoms with Crippen molar-refractivity contribution in [3.8, 4) is 0 Å². The first-order chi connectivity index (χ1) is 10.2. The van der Waals surface area contributed by atoms with Gasteiger partial charge in [0.2, 0.25) is 11.8 Å². The maximum Gasteiger partial charge on any atom is 0.247 e. The number of amides is 2. The lowest BCUT2D eigenvalue weighted by Crippen LogP contribution is -2.49. The average Bonchev–Trinajstić information content (AvgIpc) is 3.02. The Morgan fingerprint density at radius 2 is 1.95 bits per heavy atom. The van der Waals surface area contributed by atoms with Gasteiger partial charge in [0.15, 0.2) is 0 Å². The van der Waals surface area contributed by atoms with E-state index in [0.717, 1.165) is 18.8 Å². The Kier molecular flexibility index (Phi) is 4.34. The summed E-state index contributed by atoms with van der Waals surface area (Å²) in [6, 6.07) is 7.48. The first kappa shape index (κ1) is 14.3. The summed E-state index contributed by atoms with van der Waals surface area (Å²) in [6.07, 6.45) is 2.50. The molecule has 1 unspecified atom stereocenters. The Morgan fingerprint density at radius 1 is 1.24 bits per heavy atom. The smallest absolute Gasteiger partial charge is 0.247 e. The second-order valence-electron chi connectivity index (χ2n) is 5.37. The zero-order chi connectivity index (χ0) is 14.7. The predicted octanol–water partition coefficient (Wildman–Crippen LogP) is 1.46. The number of carbonyl (C=O) groups is 2. The van der Waals surface area contributed by atoms with Gasteiger partial charge in [0, 0.05) is 30.2 Å². The summed E-state index contributed by atoms with van der Waals surface area (Å²) < 4.78 is 0. The van der Waals surface area contributed by atoms with Crippen LogP contribution in [-0.2, 0) is 9.59 Å². The summed E-state index contributed by atoms with van der Waals surface area (Å²) in [5, 5.41) is 5.58. The molecule has 0 aromatic heterocycles. The van der Waals surface area contributed by atoms with Crippen LogP contribution in [0.2, 0.25) is 0 Å². The largest absolute Gasteiger partial charge is 0.372 e. The van der Waals surface area contributed by atoms with Crippen LogP contribution >= 0.6 is 11.8 Å². The van der Waals surface area contributed by atoms with Crippen molar-refractivity contribution < 1.29 is 9.59 Å². The third-order valence-corrected chi connectivity index (χ3v) is 4.81. The number of thioether (sulfide) groups is 1. The van der Waals surface area contributed by atoms with Gasteiger partial charge in [-0.15, -0.1) is 11.8 Å². The van der Waals surface area contributed by atoms with Crippen molar-refractivity contribution >= 4 is 35.0 Å². The number of hydrogen-bond acceptors (Lipinski definition) is 4. The van der Waals surface area contributed by atoms with Gasteiger partial charge in [-0.05, 0) is 37.1 Å². The molecular weight excluding hydrogens is 286 g/mol. The minimum atomic E-state index is -0.436. The van der Waals surface area contributed by atoms with Crippen LogP contribution in [0, 0.1) is 0 Å². The molecule has 2 amide bonds. The molecule has 2 aliphatic heterocycles. The number of anilines is 2. The van der Waals surface area contributed by atoms with E-state index in [1.54, 1.807) is 0 Å². The highest BCUT2D eigenvalue weighted by molar-refractivity contribution is 8.00. The summed E-state index contributed by atoms with van der Waals surface area (Å²) in [7, 11) is 0. The van der Waals surface area contributed by atoms with E-state index in [4.69, 9.17) is 0 Å². The Balaban J connectivity index is 1.59. The molecular formula is C15H19N3O2S. The van der Waals surface area contributed by atoms with Crippen LogP contribution in [0.3, 0.4) is 0 Å². The molecule has 6 heteroatoms. The molecule has 21 heavy (non-hydrogen) atoms. The predicted molar refractivity (Wildman–Crippen MR) is 85.8 cm³/mol. The third kappa shape index (κ3) is 3.50. The van der Waals surface area contributed by atoms with E-state index in [1.807, 2.05) is 24.3 Å². The Bertz CT molecular complexity index is 526. The zero-order valence-corrected chi connectivity index (χ0v) is 12.6. The number of rotatable bonds is 3. The maximum absolute atomic E-state index is 12.1. The molecule has 2 aliphatic rings. The van der Waals surface area contributed by atoms with Crippen molar-refractivity contribution in [2.24, 2.45) is 0 Å². The van der Waals surface area contributed by atoms with Crippen LogP contribution in [0.15, 0.2) is 24.3 Å². The highest BCUT2D eigenvalue weighted by Gasteiger charge is 2.25. The van der Waals surface area contributed by atoms with Gasteiger partial charge in [0.05, 0.1) is 5.75 Å². The van der Waals surface area contributed by atoms with Crippen molar-refractivity contribution in [3.63, 3.8) is 0 Å². The van der Waals surface area contributed by atoms with Gasteiger partial charge in [0.1, 0.15) is 6.04 Å². The summed E-state index contributed by atoms with van der Waals surface area (Å²) in [4.78, 5) is 25.8. The normalized spacial score (nSPS) is 22.0. The molecule has 0 aliphatic carbocycles.